The molecule has 1 N–H and O–H groups in total. The number of amidine groups is 1. The number of hydrogen-bond acceptors (Lipinski definition) is 4. The topological polar surface area (TPSA) is 42.9 Å². The molecule has 2 aromatic rings. The van der Waals surface area contributed by atoms with Gasteiger partial charge in [0.25, 0.3) is 0 Å². The molecule has 4 nitrogen and oxygen atoms in total. The summed E-state index contributed by atoms with van der Waals surface area (Å²) in [5, 5.41) is 3.26. The Labute approximate surface area is 124 Å². The molecule has 3 rings (SSSR count). The summed E-state index contributed by atoms with van der Waals surface area (Å²) in [5.74, 6) is 2.66. The van der Waals surface area contributed by atoms with Gasteiger partial charge < -0.3 is 14.8 Å². The molecule has 2 aromatic carbocycles. The summed E-state index contributed by atoms with van der Waals surface area (Å²) < 4.78 is 11.0. The van der Waals surface area contributed by atoms with Gasteiger partial charge in [-0.05, 0) is 42.0 Å². The second-order valence-corrected chi connectivity index (χ2v) is 4.82. The fourth-order valence-corrected chi connectivity index (χ4v) is 2.23. The molecule has 0 bridgehead atoms. The Morgan fingerprint density at radius 1 is 1.10 bits per heavy atom. The number of methoxy groups -OCH3 is 1. The van der Waals surface area contributed by atoms with Crippen LogP contribution in [0.15, 0.2) is 53.5 Å². The minimum absolute atomic E-state index is 0.524. The molecule has 1 aliphatic rings. The minimum atomic E-state index is 0.524. The van der Waals surface area contributed by atoms with Crippen LogP contribution in [-0.2, 0) is 6.61 Å². The molecule has 1 heterocycles. The van der Waals surface area contributed by atoms with E-state index in [0.717, 1.165) is 41.6 Å². The molecule has 1 aliphatic heterocycles. The van der Waals surface area contributed by atoms with Gasteiger partial charge in [0, 0.05) is 12.1 Å². The monoisotopic (exact) mass is 282 g/mol. The first-order valence-corrected chi connectivity index (χ1v) is 6.99. The molecule has 21 heavy (non-hydrogen) atoms. The minimum Gasteiger partial charge on any atom is -0.497 e. The summed E-state index contributed by atoms with van der Waals surface area (Å²) in [4.78, 5) is 4.40. The van der Waals surface area contributed by atoms with Gasteiger partial charge in [0.1, 0.15) is 23.9 Å². The molecule has 0 unspecified atom stereocenters. The van der Waals surface area contributed by atoms with Gasteiger partial charge in [-0.1, -0.05) is 12.1 Å². The van der Waals surface area contributed by atoms with Crippen molar-refractivity contribution in [3.05, 3.63) is 59.7 Å². The summed E-state index contributed by atoms with van der Waals surface area (Å²) in [5.41, 5.74) is 2.18. The van der Waals surface area contributed by atoms with Crippen LogP contribution in [0.1, 0.15) is 11.1 Å². The van der Waals surface area contributed by atoms with Crippen molar-refractivity contribution in [3.63, 3.8) is 0 Å². The largest absolute Gasteiger partial charge is 0.497 e. The number of aliphatic imine (C=N–C) groups is 1. The first kappa shape index (κ1) is 13.5. The second-order valence-electron chi connectivity index (χ2n) is 4.82. The van der Waals surface area contributed by atoms with Crippen LogP contribution in [0.5, 0.6) is 11.5 Å². The van der Waals surface area contributed by atoms with Crippen molar-refractivity contribution in [1.29, 1.82) is 0 Å². The number of nitrogens with one attached hydrogen (secondary N) is 1. The maximum atomic E-state index is 5.79. The number of rotatable bonds is 5. The van der Waals surface area contributed by atoms with Gasteiger partial charge in [-0.2, -0.15) is 0 Å². The number of hydrogen-bond donors (Lipinski definition) is 1. The lowest BCUT2D eigenvalue weighted by Crippen LogP contribution is -2.19. The molecular weight excluding hydrogens is 264 g/mol. The fourth-order valence-electron chi connectivity index (χ4n) is 2.23. The molecule has 0 saturated carbocycles. The summed E-state index contributed by atoms with van der Waals surface area (Å²) in [6.45, 7) is 2.29. The maximum absolute atomic E-state index is 5.79. The lowest BCUT2D eigenvalue weighted by Gasteiger charge is -2.08. The highest BCUT2D eigenvalue weighted by molar-refractivity contribution is 5.99. The highest BCUT2D eigenvalue weighted by Gasteiger charge is 2.07. The van der Waals surface area contributed by atoms with Crippen LogP contribution in [0.25, 0.3) is 0 Å². The van der Waals surface area contributed by atoms with E-state index < -0.39 is 0 Å². The van der Waals surface area contributed by atoms with Gasteiger partial charge in [0.15, 0.2) is 0 Å². The Kier molecular flexibility index (Phi) is 4.05. The van der Waals surface area contributed by atoms with Crippen molar-refractivity contribution >= 4 is 5.84 Å². The van der Waals surface area contributed by atoms with Crippen LogP contribution in [0, 0.1) is 0 Å². The van der Waals surface area contributed by atoms with E-state index in [1.807, 2.05) is 48.5 Å². The van der Waals surface area contributed by atoms with Gasteiger partial charge in [0.05, 0.1) is 13.7 Å². The molecule has 0 aliphatic carbocycles. The van der Waals surface area contributed by atoms with Crippen molar-refractivity contribution in [1.82, 2.24) is 5.32 Å². The first-order valence-electron chi connectivity index (χ1n) is 6.99. The molecule has 0 amide bonds. The van der Waals surface area contributed by atoms with Crippen LogP contribution in [0.4, 0.5) is 0 Å². The zero-order valence-electron chi connectivity index (χ0n) is 12.0. The molecule has 4 heteroatoms. The molecular formula is C17H18N2O2. The summed E-state index contributed by atoms with van der Waals surface area (Å²) in [7, 11) is 1.67. The van der Waals surface area contributed by atoms with E-state index in [0.29, 0.717) is 6.61 Å². The van der Waals surface area contributed by atoms with Crippen LogP contribution in [0.2, 0.25) is 0 Å². The van der Waals surface area contributed by atoms with Gasteiger partial charge in [-0.15, -0.1) is 0 Å². The Morgan fingerprint density at radius 3 is 2.67 bits per heavy atom. The smallest absolute Gasteiger partial charge is 0.128 e. The zero-order chi connectivity index (χ0) is 14.5. The summed E-state index contributed by atoms with van der Waals surface area (Å²) in [6.07, 6.45) is 0. The van der Waals surface area contributed by atoms with Crippen LogP contribution in [0.3, 0.4) is 0 Å². The van der Waals surface area contributed by atoms with Gasteiger partial charge in [0.2, 0.25) is 0 Å². The average molecular weight is 282 g/mol. The number of benzene rings is 2. The first-order chi connectivity index (χ1) is 10.3. The van der Waals surface area contributed by atoms with Crippen LogP contribution < -0.4 is 14.8 Å². The van der Waals surface area contributed by atoms with E-state index in [1.165, 1.54) is 0 Å². The molecule has 0 saturated heterocycles. The Morgan fingerprint density at radius 2 is 1.95 bits per heavy atom. The van der Waals surface area contributed by atoms with Crippen molar-refractivity contribution in [2.75, 3.05) is 20.2 Å². The predicted octanol–water partition coefficient (Wildman–Crippen LogP) is 2.62. The lowest BCUT2D eigenvalue weighted by molar-refractivity contribution is 0.305. The average Bonchev–Trinajstić information content (AvgIpc) is 3.08. The van der Waals surface area contributed by atoms with E-state index in [4.69, 9.17) is 9.47 Å². The third-order valence-corrected chi connectivity index (χ3v) is 3.34. The van der Waals surface area contributed by atoms with E-state index in [9.17, 15) is 0 Å². The summed E-state index contributed by atoms with van der Waals surface area (Å²) >= 11 is 0. The third kappa shape index (κ3) is 3.34. The van der Waals surface area contributed by atoms with E-state index in [-0.39, 0.29) is 0 Å². The predicted molar refractivity (Wildman–Crippen MR) is 83.2 cm³/mol. The maximum Gasteiger partial charge on any atom is 0.128 e. The van der Waals surface area contributed by atoms with Crippen LogP contribution in [-0.4, -0.2) is 26.0 Å². The summed E-state index contributed by atoms with van der Waals surface area (Å²) in [6, 6.07) is 15.9. The molecule has 0 radical (unpaired) electrons. The fraction of sp³-hybridized carbons (Fsp3) is 0.235. The Balaban J connectivity index is 1.62. The third-order valence-electron chi connectivity index (χ3n) is 3.34. The van der Waals surface area contributed by atoms with Crippen LogP contribution >= 0.6 is 0 Å². The van der Waals surface area contributed by atoms with E-state index >= 15 is 0 Å². The lowest BCUT2D eigenvalue weighted by atomic mass is 10.2. The second kappa shape index (κ2) is 6.31. The standard InChI is InChI=1S/C17H18N2O2/c1-20-16-4-2-3-13(11-16)12-21-15-7-5-14(6-8-15)17-18-9-10-19-17/h2-8,11H,9-10,12H2,1H3,(H,18,19). The Hall–Kier alpha value is -2.49. The van der Waals surface area contributed by atoms with E-state index in [2.05, 4.69) is 10.3 Å². The SMILES string of the molecule is COc1cccc(COc2ccc(C3=NCCN3)cc2)c1. The number of ether oxygens (including phenoxy) is 2. The number of nitrogens with zero attached hydrogens (tertiary/aromatic N) is 1. The van der Waals surface area contributed by atoms with Gasteiger partial charge in [-0.25, -0.2) is 0 Å². The van der Waals surface area contributed by atoms with Crippen molar-refractivity contribution in [3.8, 4) is 11.5 Å². The quantitative estimate of drug-likeness (QED) is 0.916. The highest BCUT2D eigenvalue weighted by Crippen LogP contribution is 2.17. The zero-order valence-corrected chi connectivity index (χ0v) is 12.0. The molecule has 0 fully saturated rings. The van der Waals surface area contributed by atoms with Gasteiger partial charge in [-0.3, -0.25) is 4.99 Å². The van der Waals surface area contributed by atoms with Crippen molar-refractivity contribution in [2.24, 2.45) is 4.99 Å². The molecule has 0 atom stereocenters. The normalized spacial score (nSPS) is 13.5. The molecule has 108 valence electrons. The molecule has 0 spiro atoms. The van der Waals surface area contributed by atoms with E-state index in [1.54, 1.807) is 7.11 Å². The Bertz CT molecular complexity index is 635. The highest BCUT2D eigenvalue weighted by atomic mass is 16.5. The molecule has 0 aromatic heterocycles. The van der Waals surface area contributed by atoms with Crippen molar-refractivity contribution in [2.45, 2.75) is 6.61 Å². The van der Waals surface area contributed by atoms with Crippen molar-refractivity contribution < 1.29 is 9.47 Å². The van der Waals surface area contributed by atoms with Gasteiger partial charge >= 0.3 is 0 Å².